The first kappa shape index (κ1) is 13.0. The molecule has 1 aromatic rings. The highest BCUT2D eigenvalue weighted by Gasteiger charge is 2.30. The standard InChI is InChI=1S/C14H21N5O/c15-10-5-6-12(17-14(10)18-7-1-2-8-18)19-9-3-4-11(19)13(16)20/h5-6,11H,1-4,7-9,15H2,(H2,16,20). The Kier molecular flexibility index (Phi) is 3.38. The zero-order valence-corrected chi connectivity index (χ0v) is 11.6. The second-order valence-electron chi connectivity index (χ2n) is 5.53. The Morgan fingerprint density at radius 1 is 1.20 bits per heavy atom. The Labute approximate surface area is 118 Å². The number of hydrogen-bond donors (Lipinski definition) is 2. The number of amides is 1. The van der Waals surface area contributed by atoms with Crippen LogP contribution < -0.4 is 21.3 Å². The van der Waals surface area contributed by atoms with Gasteiger partial charge in [0.05, 0.1) is 5.69 Å². The number of hydrogen-bond acceptors (Lipinski definition) is 5. The molecule has 6 heteroatoms. The molecule has 3 rings (SSSR count). The van der Waals surface area contributed by atoms with Gasteiger partial charge in [0.15, 0.2) is 5.82 Å². The van der Waals surface area contributed by atoms with Crippen LogP contribution in [0.5, 0.6) is 0 Å². The summed E-state index contributed by atoms with van der Waals surface area (Å²) in [6.45, 7) is 2.82. The van der Waals surface area contributed by atoms with Crippen molar-refractivity contribution in [1.29, 1.82) is 0 Å². The highest BCUT2D eigenvalue weighted by Crippen LogP contribution is 2.30. The van der Waals surface area contributed by atoms with E-state index in [1.807, 2.05) is 17.0 Å². The summed E-state index contributed by atoms with van der Waals surface area (Å²) < 4.78 is 0. The highest BCUT2D eigenvalue weighted by atomic mass is 16.1. The lowest BCUT2D eigenvalue weighted by atomic mass is 10.2. The van der Waals surface area contributed by atoms with Crippen LogP contribution in [0.25, 0.3) is 0 Å². The van der Waals surface area contributed by atoms with Gasteiger partial charge in [0.25, 0.3) is 0 Å². The van der Waals surface area contributed by atoms with Crippen LogP contribution in [0.3, 0.4) is 0 Å². The lowest BCUT2D eigenvalue weighted by molar-refractivity contribution is -0.119. The third kappa shape index (κ3) is 2.26. The van der Waals surface area contributed by atoms with Crippen LogP contribution >= 0.6 is 0 Å². The average molecular weight is 275 g/mol. The smallest absolute Gasteiger partial charge is 0.240 e. The Hall–Kier alpha value is -1.98. The van der Waals surface area contributed by atoms with Crippen molar-refractivity contribution in [1.82, 2.24) is 4.98 Å². The number of aromatic nitrogens is 1. The molecule has 0 aliphatic carbocycles. The summed E-state index contributed by atoms with van der Waals surface area (Å²) in [7, 11) is 0. The Morgan fingerprint density at radius 2 is 1.95 bits per heavy atom. The van der Waals surface area contributed by atoms with Gasteiger partial charge in [-0.3, -0.25) is 4.79 Å². The summed E-state index contributed by atoms with van der Waals surface area (Å²) in [5, 5.41) is 0. The molecule has 108 valence electrons. The number of pyridine rings is 1. The molecule has 2 aliphatic rings. The number of rotatable bonds is 3. The normalized spacial score (nSPS) is 22.5. The number of primary amides is 1. The van der Waals surface area contributed by atoms with E-state index in [1.165, 1.54) is 12.8 Å². The van der Waals surface area contributed by atoms with Crippen LogP contribution in [0.4, 0.5) is 17.3 Å². The summed E-state index contributed by atoms with van der Waals surface area (Å²) in [4.78, 5) is 20.4. The monoisotopic (exact) mass is 275 g/mol. The molecule has 1 atom stereocenters. The zero-order chi connectivity index (χ0) is 14.1. The van der Waals surface area contributed by atoms with Crippen LogP contribution in [0.1, 0.15) is 25.7 Å². The van der Waals surface area contributed by atoms with Crippen LogP contribution in [0, 0.1) is 0 Å². The van der Waals surface area contributed by atoms with Crippen LogP contribution in [0.2, 0.25) is 0 Å². The lowest BCUT2D eigenvalue weighted by Crippen LogP contribution is -2.40. The molecule has 0 saturated carbocycles. The maximum Gasteiger partial charge on any atom is 0.240 e. The summed E-state index contributed by atoms with van der Waals surface area (Å²) in [6.07, 6.45) is 4.14. The van der Waals surface area contributed by atoms with Gasteiger partial charge >= 0.3 is 0 Å². The molecule has 0 bridgehead atoms. The van der Waals surface area contributed by atoms with Crippen molar-refractivity contribution >= 4 is 23.2 Å². The number of nitrogens with two attached hydrogens (primary N) is 2. The fraction of sp³-hybridized carbons (Fsp3) is 0.571. The third-order valence-electron chi connectivity index (χ3n) is 4.17. The van der Waals surface area contributed by atoms with Crippen molar-refractivity contribution in [2.24, 2.45) is 5.73 Å². The second kappa shape index (κ2) is 5.19. The van der Waals surface area contributed by atoms with Crippen molar-refractivity contribution in [3.05, 3.63) is 12.1 Å². The van der Waals surface area contributed by atoms with E-state index >= 15 is 0 Å². The number of anilines is 3. The van der Waals surface area contributed by atoms with E-state index in [-0.39, 0.29) is 11.9 Å². The molecule has 2 fully saturated rings. The third-order valence-corrected chi connectivity index (χ3v) is 4.17. The van der Waals surface area contributed by atoms with Crippen molar-refractivity contribution in [3.8, 4) is 0 Å². The first-order valence-electron chi connectivity index (χ1n) is 7.24. The molecule has 6 nitrogen and oxygen atoms in total. The molecule has 0 radical (unpaired) electrons. The lowest BCUT2D eigenvalue weighted by Gasteiger charge is -2.26. The van der Waals surface area contributed by atoms with Gasteiger partial charge in [-0.15, -0.1) is 0 Å². The number of carbonyl (C=O) groups is 1. The molecule has 1 amide bonds. The number of nitrogens with zero attached hydrogens (tertiary/aromatic N) is 3. The van der Waals surface area contributed by atoms with Gasteiger partial charge in [0, 0.05) is 19.6 Å². The summed E-state index contributed by atoms with van der Waals surface area (Å²) in [5.41, 5.74) is 12.2. The number of carbonyl (C=O) groups excluding carboxylic acids is 1. The predicted octanol–water partition coefficient (Wildman–Crippen LogP) is 0.718. The molecular weight excluding hydrogens is 254 g/mol. The molecule has 1 unspecified atom stereocenters. The van der Waals surface area contributed by atoms with Crippen molar-refractivity contribution in [2.45, 2.75) is 31.7 Å². The molecule has 0 aromatic carbocycles. The molecule has 1 aromatic heterocycles. The SMILES string of the molecule is NC(=O)C1CCCN1c1ccc(N)c(N2CCCC2)n1. The summed E-state index contributed by atoms with van der Waals surface area (Å²) in [6, 6.07) is 3.53. The van der Waals surface area contributed by atoms with Gasteiger partial charge in [-0.2, -0.15) is 0 Å². The average Bonchev–Trinajstić information content (AvgIpc) is 3.10. The highest BCUT2D eigenvalue weighted by molar-refractivity contribution is 5.84. The Bertz CT molecular complexity index is 512. The zero-order valence-electron chi connectivity index (χ0n) is 11.6. The van der Waals surface area contributed by atoms with Crippen molar-refractivity contribution in [2.75, 3.05) is 35.2 Å². The van der Waals surface area contributed by atoms with Gasteiger partial charge in [0.2, 0.25) is 5.91 Å². The van der Waals surface area contributed by atoms with E-state index in [0.717, 1.165) is 44.1 Å². The molecular formula is C14H21N5O. The van der Waals surface area contributed by atoms with E-state index < -0.39 is 0 Å². The van der Waals surface area contributed by atoms with Gasteiger partial charge in [0.1, 0.15) is 11.9 Å². The van der Waals surface area contributed by atoms with Crippen LogP contribution in [-0.4, -0.2) is 36.6 Å². The maximum atomic E-state index is 11.5. The molecule has 2 saturated heterocycles. The molecule has 4 N–H and O–H groups in total. The molecule has 2 aliphatic heterocycles. The largest absolute Gasteiger partial charge is 0.396 e. The van der Waals surface area contributed by atoms with E-state index in [2.05, 4.69) is 9.88 Å². The van der Waals surface area contributed by atoms with Gasteiger partial charge < -0.3 is 21.3 Å². The Balaban J connectivity index is 1.90. The molecule has 3 heterocycles. The minimum Gasteiger partial charge on any atom is -0.396 e. The summed E-state index contributed by atoms with van der Waals surface area (Å²) in [5.74, 6) is 1.38. The van der Waals surface area contributed by atoms with Crippen LogP contribution in [0.15, 0.2) is 12.1 Å². The minimum atomic E-state index is -0.274. The maximum absolute atomic E-state index is 11.5. The summed E-state index contributed by atoms with van der Waals surface area (Å²) >= 11 is 0. The topological polar surface area (TPSA) is 88.5 Å². The Morgan fingerprint density at radius 3 is 2.65 bits per heavy atom. The van der Waals surface area contributed by atoms with Crippen molar-refractivity contribution in [3.63, 3.8) is 0 Å². The fourth-order valence-electron chi connectivity index (χ4n) is 3.13. The van der Waals surface area contributed by atoms with Gasteiger partial charge in [-0.05, 0) is 37.8 Å². The quantitative estimate of drug-likeness (QED) is 0.848. The first-order valence-corrected chi connectivity index (χ1v) is 7.24. The number of nitrogen functional groups attached to an aromatic ring is 1. The predicted molar refractivity (Wildman–Crippen MR) is 79.7 cm³/mol. The second-order valence-corrected chi connectivity index (χ2v) is 5.53. The van der Waals surface area contributed by atoms with E-state index in [0.29, 0.717) is 5.69 Å². The van der Waals surface area contributed by atoms with Crippen LogP contribution in [-0.2, 0) is 4.79 Å². The first-order chi connectivity index (χ1) is 9.66. The van der Waals surface area contributed by atoms with E-state index in [9.17, 15) is 4.79 Å². The van der Waals surface area contributed by atoms with Gasteiger partial charge in [-0.25, -0.2) is 4.98 Å². The fourth-order valence-corrected chi connectivity index (χ4v) is 3.13. The molecule has 20 heavy (non-hydrogen) atoms. The molecule has 0 spiro atoms. The van der Waals surface area contributed by atoms with Gasteiger partial charge in [-0.1, -0.05) is 0 Å². The van der Waals surface area contributed by atoms with E-state index in [1.54, 1.807) is 0 Å². The van der Waals surface area contributed by atoms with Crippen molar-refractivity contribution < 1.29 is 4.79 Å². The minimum absolute atomic E-state index is 0.238. The van der Waals surface area contributed by atoms with E-state index in [4.69, 9.17) is 11.5 Å².